The van der Waals surface area contributed by atoms with Crippen molar-refractivity contribution in [2.24, 2.45) is 0 Å². The molecule has 3 aromatic heterocycles. The van der Waals surface area contributed by atoms with Crippen LogP contribution < -0.4 is 15.0 Å². The third-order valence-electron chi connectivity index (χ3n) is 6.75. The molecule has 1 aliphatic heterocycles. The van der Waals surface area contributed by atoms with Crippen molar-refractivity contribution >= 4 is 22.2 Å². The predicted octanol–water partition coefficient (Wildman–Crippen LogP) is 3.01. The van der Waals surface area contributed by atoms with E-state index in [0.717, 1.165) is 24.8 Å². The highest BCUT2D eigenvalue weighted by Crippen LogP contribution is 2.34. The Morgan fingerprint density at radius 2 is 2.08 bits per heavy atom. The molecule has 38 heavy (non-hydrogen) atoms. The molecule has 0 amide bonds. The van der Waals surface area contributed by atoms with Crippen LogP contribution in [0.1, 0.15) is 35.1 Å². The summed E-state index contributed by atoms with van der Waals surface area (Å²) in [5.74, 6) is 1.69. The fourth-order valence-corrected chi connectivity index (χ4v) is 5.64. The highest BCUT2D eigenvalue weighted by molar-refractivity contribution is 7.09. The number of tetrazole rings is 1. The van der Waals surface area contributed by atoms with E-state index in [2.05, 4.69) is 36.9 Å². The maximum Gasteiger partial charge on any atom is 0.253 e. The lowest BCUT2D eigenvalue weighted by Crippen LogP contribution is -2.39. The number of aromatic nitrogens is 5. The number of hydrogen-bond donors (Lipinski definition) is 1. The van der Waals surface area contributed by atoms with E-state index in [1.807, 2.05) is 18.2 Å². The summed E-state index contributed by atoms with van der Waals surface area (Å²) in [6, 6.07) is 9.13. The largest absolute Gasteiger partial charge is 0.493 e. The molecule has 1 aliphatic rings. The zero-order chi connectivity index (χ0) is 26.5. The van der Waals surface area contributed by atoms with Crippen molar-refractivity contribution in [3.8, 4) is 11.5 Å². The van der Waals surface area contributed by atoms with E-state index in [0.29, 0.717) is 54.6 Å². The van der Waals surface area contributed by atoms with Gasteiger partial charge in [-0.3, -0.25) is 9.69 Å². The number of fused-ring (bicyclic) bond motifs is 1. The summed E-state index contributed by atoms with van der Waals surface area (Å²) in [7, 11) is 4.80. The molecule has 0 bridgehead atoms. The average Bonchev–Trinajstić information content (AvgIpc) is 3.71. The smallest absolute Gasteiger partial charge is 0.253 e. The van der Waals surface area contributed by atoms with E-state index in [9.17, 15) is 4.79 Å². The molecule has 1 fully saturated rings. The Morgan fingerprint density at radius 1 is 1.24 bits per heavy atom. The van der Waals surface area contributed by atoms with Gasteiger partial charge in [-0.25, -0.2) is 4.68 Å². The Morgan fingerprint density at radius 3 is 2.79 bits per heavy atom. The summed E-state index contributed by atoms with van der Waals surface area (Å²) in [5, 5.41) is 15.5. The number of methoxy groups -OCH3 is 3. The van der Waals surface area contributed by atoms with Gasteiger partial charge in [-0.05, 0) is 46.8 Å². The molecule has 0 saturated carbocycles. The minimum atomic E-state index is -0.533. The van der Waals surface area contributed by atoms with E-state index in [4.69, 9.17) is 18.9 Å². The molecule has 0 aliphatic carbocycles. The molecule has 4 heterocycles. The standard InChI is InChI=1S/C26H32N6O5S/c1-34-10-8-32-25(28-29-30-32)24(31(15-18-6-4-9-37-18)16-19-7-5-11-38-19)20-12-17-13-22(35-2)23(36-3)14-21(17)27-26(20)33/h5,7,11-14,18,24H,4,6,8-10,15-16H2,1-3H3,(H,27,33)/t18-,24-/m1/s1. The lowest BCUT2D eigenvalue weighted by molar-refractivity contribution is 0.0573. The zero-order valence-corrected chi connectivity index (χ0v) is 22.6. The number of nitrogens with one attached hydrogen (secondary N) is 1. The van der Waals surface area contributed by atoms with Crippen molar-refractivity contribution in [3.05, 3.63) is 62.3 Å². The average molecular weight is 541 g/mol. The fraction of sp³-hybridized carbons (Fsp3) is 0.462. The molecular formula is C26H32N6O5S. The van der Waals surface area contributed by atoms with Gasteiger partial charge in [-0.2, -0.15) is 0 Å². The molecule has 12 heteroatoms. The van der Waals surface area contributed by atoms with Crippen LogP contribution in [0.5, 0.6) is 11.5 Å². The van der Waals surface area contributed by atoms with Gasteiger partial charge in [-0.1, -0.05) is 6.07 Å². The quantitative estimate of drug-likeness (QED) is 0.289. The Hall–Kier alpha value is -3.32. The van der Waals surface area contributed by atoms with Crippen LogP contribution in [0.15, 0.2) is 40.5 Å². The topological polar surface area (TPSA) is 117 Å². The summed E-state index contributed by atoms with van der Waals surface area (Å²) in [5.41, 5.74) is 0.963. The second kappa shape index (κ2) is 12.0. The molecule has 1 N–H and O–H groups in total. The van der Waals surface area contributed by atoms with E-state index < -0.39 is 6.04 Å². The molecule has 0 spiro atoms. The van der Waals surface area contributed by atoms with Gasteiger partial charge in [0.2, 0.25) is 0 Å². The zero-order valence-electron chi connectivity index (χ0n) is 21.8. The molecule has 1 aromatic carbocycles. The molecule has 0 unspecified atom stereocenters. The van der Waals surface area contributed by atoms with Crippen LogP contribution in [0.3, 0.4) is 0 Å². The summed E-state index contributed by atoms with van der Waals surface area (Å²) < 4.78 is 24.0. The van der Waals surface area contributed by atoms with Crippen molar-refractivity contribution < 1.29 is 18.9 Å². The third-order valence-corrected chi connectivity index (χ3v) is 7.61. The minimum absolute atomic E-state index is 0.0599. The Labute approximate surface area is 224 Å². The number of nitrogens with zero attached hydrogens (tertiary/aromatic N) is 5. The lowest BCUT2D eigenvalue weighted by Gasteiger charge is -2.32. The van der Waals surface area contributed by atoms with Crippen LogP contribution >= 0.6 is 11.3 Å². The Kier molecular flexibility index (Phi) is 8.32. The van der Waals surface area contributed by atoms with E-state index in [1.165, 1.54) is 4.88 Å². The van der Waals surface area contributed by atoms with Gasteiger partial charge in [0.25, 0.3) is 5.56 Å². The molecular weight excluding hydrogens is 508 g/mol. The number of thiophene rings is 1. The fourth-order valence-electron chi connectivity index (χ4n) is 4.91. The van der Waals surface area contributed by atoms with Gasteiger partial charge in [0, 0.05) is 48.7 Å². The number of benzene rings is 1. The second-order valence-electron chi connectivity index (χ2n) is 9.15. The number of aromatic amines is 1. The summed E-state index contributed by atoms with van der Waals surface area (Å²) in [4.78, 5) is 20.2. The minimum Gasteiger partial charge on any atom is -0.493 e. The van der Waals surface area contributed by atoms with Gasteiger partial charge < -0.3 is 23.9 Å². The van der Waals surface area contributed by atoms with Gasteiger partial charge in [0.15, 0.2) is 17.3 Å². The van der Waals surface area contributed by atoms with Gasteiger partial charge in [0.05, 0.1) is 39.0 Å². The van der Waals surface area contributed by atoms with Crippen LogP contribution in [0.25, 0.3) is 10.9 Å². The number of pyridine rings is 1. The van der Waals surface area contributed by atoms with Crippen molar-refractivity contribution in [2.45, 2.75) is 38.1 Å². The first-order chi connectivity index (χ1) is 18.6. The van der Waals surface area contributed by atoms with Gasteiger partial charge in [-0.15, -0.1) is 16.4 Å². The third kappa shape index (κ3) is 5.58. The number of hydrogen-bond acceptors (Lipinski definition) is 10. The van der Waals surface area contributed by atoms with E-state index >= 15 is 0 Å². The van der Waals surface area contributed by atoms with Gasteiger partial charge >= 0.3 is 0 Å². The maximum atomic E-state index is 13.7. The normalized spacial score (nSPS) is 16.4. The SMILES string of the molecule is COCCn1nnnc1[C@@H](c1cc2cc(OC)c(OC)cc2[nH]c1=O)N(Cc1cccs1)C[C@H]1CCCO1. The van der Waals surface area contributed by atoms with Crippen LogP contribution in [-0.2, 0) is 22.6 Å². The van der Waals surface area contributed by atoms with E-state index in [1.54, 1.807) is 43.4 Å². The number of rotatable bonds is 12. The summed E-state index contributed by atoms with van der Waals surface area (Å²) >= 11 is 1.68. The van der Waals surface area contributed by atoms with Crippen molar-refractivity contribution in [3.63, 3.8) is 0 Å². The second-order valence-corrected chi connectivity index (χ2v) is 10.2. The number of H-pyrrole nitrogens is 1. The van der Waals surface area contributed by atoms with Crippen molar-refractivity contribution in [1.29, 1.82) is 0 Å². The Balaban J connectivity index is 1.66. The van der Waals surface area contributed by atoms with Crippen molar-refractivity contribution in [1.82, 2.24) is 30.1 Å². The first kappa shape index (κ1) is 26.3. The molecule has 5 rings (SSSR count). The van der Waals surface area contributed by atoms with Crippen LogP contribution in [-0.4, -0.2) is 77.3 Å². The first-order valence-electron chi connectivity index (χ1n) is 12.5. The molecule has 4 aromatic rings. The molecule has 2 atom stereocenters. The highest BCUT2D eigenvalue weighted by Gasteiger charge is 2.33. The Bertz CT molecular complexity index is 1400. The summed E-state index contributed by atoms with van der Waals surface area (Å²) in [6.07, 6.45) is 2.05. The monoisotopic (exact) mass is 540 g/mol. The molecule has 1 saturated heterocycles. The molecule has 11 nitrogen and oxygen atoms in total. The summed E-state index contributed by atoms with van der Waals surface area (Å²) in [6.45, 7) is 2.88. The molecule has 0 radical (unpaired) electrons. The first-order valence-corrected chi connectivity index (χ1v) is 13.4. The predicted molar refractivity (Wildman–Crippen MR) is 143 cm³/mol. The van der Waals surface area contributed by atoms with Gasteiger partial charge in [0.1, 0.15) is 6.04 Å². The highest BCUT2D eigenvalue weighted by atomic mass is 32.1. The van der Waals surface area contributed by atoms with E-state index in [-0.39, 0.29) is 11.7 Å². The van der Waals surface area contributed by atoms with Crippen LogP contribution in [0.2, 0.25) is 0 Å². The lowest BCUT2D eigenvalue weighted by atomic mass is 10.0. The van der Waals surface area contributed by atoms with Crippen LogP contribution in [0.4, 0.5) is 0 Å². The number of ether oxygens (including phenoxy) is 4. The molecule has 202 valence electrons. The maximum absolute atomic E-state index is 13.7. The van der Waals surface area contributed by atoms with Crippen molar-refractivity contribution in [2.75, 3.05) is 41.1 Å². The van der Waals surface area contributed by atoms with Crippen LogP contribution in [0, 0.1) is 0 Å².